The van der Waals surface area contributed by atoms with Crippen LogP contribution in [0.1, 0.15) is 29.2 Å². The normalized spacial score (nSPS) is 11.6. The second-order valence-corrected chi connectivity index (χ2v) is 7.36. The van der Waals surface area contributed by atoms with Crippen molar-refractivity contribution in [3.05, 3.63) is 63.5 Å². The second-order valence-electron chi connectivity index (χ2n) is 7.36. The van der Waals surface area contributed by atoms with Crippen molar-refractivity contribution in [2.75, 3.05) is 21.3 Å². The van der Waals surface area contributed by atoms with E-state index in [-0.39, 0.29) is 18.4 Å². The van der Waals surface area contributed by atoms with Crippen LogP contribution >= 0.6 is 0 Å². The summed E-state index contributed by atoms with van der Waals surface area (Å²) in [5.41, 5.74) is 1.06. The van der Waals surface area contributed by atoms with E-state index in [4.69, 9.17) is 18.6 Å². The average Bonchev–Trinajstić information content (AvgIpc) is 2.80. The lowest BCUT2D eigenvalue weighted by molar-refractivity contribution is -0.137. The van der Waals surface area contributed by atoms with E-state index in [1.807, 2.05) is 0 Å². The molecule has 3 rings (SSSR count). The van der Waals surface area contributed by atoms with Gasteiger partial charge < -0.3 is 29.1 Å². The lowest BCUT2D eigenvalue weighted by Crippen LogP contribution is -2.32. The molecule has 0 fully saturated rings. The van der Waals surface area contributed by atoms with Gasteiger partial charge in [-0.05, 0) is 42.3 Å². The molecule has 0 unspecified atom stereocenters. The molecule has 0 aliphatic rings. The molecule has 1 amide bonds. The third-order valence-electron chi connectivity index (χ3n) is 5.36. The maximum absolute atomic E-state index is 12.8. The number of methoxy groups -OCH3 is 3. The smallest absolute Gasteiger partial charge is 0.340 e. The highest BCUT2D eigenvalue weighted by atomic mass is 16.5. The standard InChI is InChI=1S/C24H25NO8/c1-13-16-7-6-15(30-2)10-20(16)33-24(29)17(13)11-22(26)25-18(12-23(27)28)14-5-8-19(31-3)21(9-14)32-4/h5-10,18H,11-12H2,1-4H3,(H,25,26)(H,27,28)/t18-/m1/s1. The highest BCUT2D eigenvalue weighted by Gasteiger charge is 2.22. The molecule has 0 spiro atoms. The van der Waals surface area contributed by atoms with Crippen molar-refractivity contribution in [1.29, 1.82) is 0 Å². The number of rotatable bonds is 9. The largest absolute Gasteiger partial charge is 0.497 e. The Balaban J connectivity index is 1.89. The topological polar surface area (TPSA) is 124 Å². The Morgan fingerprint density at radius 1 is 1.03 bits per heavy atom. The molecule has 2 aromatic carbocycles. The van der Waals surface area contributed by atoms with Crippen molar-refractivity contribution in [3.8, 4) is 17.2 Å². The Kier molecular flexibility index (Phi) is 7.22. The first-order valence-electron chi connectivity index (χ1n) is 10.1. The van der Waals surface area contributed by atoms with Gasteiger partial charge in [-0.1, -0.05) is 6.07 Å². The van der Waals surface area contributed by atoms with Gasteiger partial charge in [0.05, 0.1) is 45.8 Å². The Hall–Kier alpha value is -4.01. The van der Waals surface area contributed by atoms with Crippen molar-refractivity contribution in [2.24, 2.45) is 0 Å². The first kappa shape index (κ1) is 23.6. The van der Waals surface area contributed by atoms with Crippen LogP contribution < -0.4 is 25.2 Å². The highest BCUT2D eigenvalue weighted by Crippen LogP contribution is 2.31. The van der Waals surface area contributed by atoms with E-state index in [2.05, 4.69) is 5.32 Å². The van der Waals surface area contributed by atoms with Crippen LogP contribution in [0.15, 0.2) is 45.6 Å². The zero-order chi connectivity index (χ0) is 24.1. The lowest BCUT2D eigenvalue weighted by atomic mass is 10.0. The molecule has 0 aliphatic carbocycles. The van der Waals surface area contributed by atoms with Gasteiger partial charge in [0.2, 0.25) is 5.91 Å². The van der Waals surface area contributed by atoms with Crippen LogP contribution in [0.4, 0.5) is 0 Å². The number of hydrogen-bond acceptors (Lipinski definition) is 7. The van der Waals surface area contributed by atoms with Crippen LogP contribution in [0.3, 0.4) is 0 Å². The van der Waals surface area contributed by atoms with Gasteiger partial charge in [0.25, 0.3) is 0 Å². The molecule has 0 radical (unpaired) electrons. The number of amides is 1. The number of carboxylic acid groups (broad SMARTS) is 1. The minimum atomic E-state index is -1.09. The van der Waals surface area contributed by atoms with Gasteiger partial charge in [0.1, 0.15) is 11.3 Å². The van der Waals surface area contributed by atoms with Gasteiger partial charge in [-0.15, -0.1) is 0 Å². The maximum Gasteiger partial charge on any atom is 0.340 e. The first-order chi connectivity index (χ1) is 15.8. The monoisotopic (exact) mass is 455 g/mol. The Bertz CT molecular complexity index is 1250. The van der Waals surface area contributed by atoms with Gasteiger partial charge >= 0.3 is 11.6 Å². The van der Waals surface area contributed by atoms with Crippen LogP contribution in [0.25, 0.3) is 11.0 Å². The molecule has 33 heavy (non-hydrogen) atoms. The number of aliphatic carboxylic acids is 1. The molecule has 9 heteroatoms. The van der Waals surface area contributed by atoms with Crippen LogP contribution in [0.2, 0.25) is 0 Å². The summed E-state index contributed by atoms with van der Waals surface area (Å²) in [5.74, 6) is -0.185. The molecule has 0 aliphatic heterocycles. The summed E-state index contributed by atoms with van der Waals surface area (Å²) in [5, 5.41) is 12.7. The molecule has 1 atom stereocenters. The van der Waals surface area contributed by atoms with E-state index in [0.29, 0.717) is 39.3 Å². The summed E-state index contributed by atoms with van der Waals surface area (Å²) < 4.78 is 21.0. The zero-order valence-corrected chi connectivity index (χ0v) is 18.8. The van der Waals surface area contributed by atoms with Crippen molar-refractivity contribution in [3.63, 3.8) is 0 Å². The van der Waals surface area contributed by atoms with E-state index in [0.717, 1.165) is 0 Å². The average molecular weight is 455 g/mol. The van der Waals surface area contributed by atoms with Crippen LogP contribution in [-0.2, 0) is 16.0 Å². The zero-order valence-electron chi connectivity index (χ0n) is 18.8. The van der Waals surface area contributed by atoms with E-state index in [1.54, 1.807) is 43.3 Å². The first-order valence-corrected chi connectivity index (χ1v) is 10.1. The number of benzene rings is 2. The Labute approximate surface area is 189 Å². The summed E-state index contributed by atoms with van der Waals surface area (Å²) in [7, 11) is 4.46. The molecule has 0 saturated heterocycles. The molecule has 2 N–H and O–H groups in total. The van der Waals surface area contributed by atoms with Gasteiger partial charge in [-0.3, -0.25) is 9.59 Å². The number of carbonyl (C=O) groups excluding carboxylic acids is 1. The summed E-state index contributed by atoms with van der Waals surface area (Å²) in [6.07, 6.45) is -0.619. The van der Waals surface area contributed by atoms with Crippen molar-refractivity contribution < 1.29 is 33.3 Å². The van der Waals surface area contributed by atoms with E-state index in [9.17, 15) is 19.5 Å². The third-order valence-corrected chi connectivity index (χ3v) is 5.36. The minimum Gasteiger partial charge on any atom is -0.497 e. The third kappa shape index (κ3) is 5.25. The number of ether oxygens (including phenoxy) is 3. The fourth-order valence-corrected chi connectivity index (χ4v) is 3.61. The molecule has 174 valence electrons. The number of hydrogen-bond donors (Lipinski definition) is 2. The number of carbonyl (C=O) groups is 2. The molecule has 0 saturated carbocycles. The number of aryl methyl sites for hydroxylation is 1. The van der Waals surface area contributed by atoms with Gasteiger partial charge in [0, 0.05) is 11.5 Å². The second kappa shape index (κ2) is 10.1. The predicted molar refractivity (Wildman–Crippen MR) is 120 cm³/mol. The van der Waals surface area contributed by atoms with Crippen LogP contribution in [-0.4, -0.2) is 38.3 Å². The summed E-state index contributed by atoms with van der Waals surface area (Å²) in [4.78, 5) is 36.8. The van der Waals surface area contributed by atoms with Gasteiger partial charge in [-0.25, -0.2) is 4.79 Å². The van der Waals surface area contributed by atoms with Crippen molar-refractivity contribution in [2.45, 2.75) is 25.8 Å². The molecule has 1 heterocycles. The van der Waals surface area contributed by atoms with E-state index >= 15 is 0 Å². The number of fused-ring (bicyclic) bond motifs is 1. The predicted octanol–water partition coefficient (Wildman–Crippen LogP) is 3.00. The maximum atomic E-state index is 12.8. The van der Waals surface area contributed by atoms with Gasteiger partial charge in [-0.2, -0.15) is 0 Å². The van der Waals surface area contributed by atoms with Crippen molar-refractivity contribution in [1.82, 2.24) is 5.32 Å². The summed E-state index contributed by atoms with van der Waals surface area (Å²) in [6, 6.07) is 9.14. The molecular formula is C24H25NO8. The lowest BCUT2D eigenvalue weighted by Gasteiger charge is -2.19. The summed E-state index contributed by atoms with van der Waals surface area (Å²) >= 11 is 0. The highest BCUT2D eigenvalue weighted by molar-refractivity contribution is 5.85. The molecule has 9 nitrogen and oxygen atoms in total. The number of carboxylic acids is 1. The molecular weight excluding hydrogens is 430 g/mol. The van der Waals surface area contributed by atoms with Crippen molar-refractivity contribution >= 4 is 22.8 Å². The Morgan fingerprint density at radius 3 is 2.39 bits per heavy atom. The quantitative estimate of drug-likeness (QED) is 0.472. The van der Waals surface area contributed by atoms with E-state index < -0.39 is 23.5 Å². The summed E-state index contributed by atoms with van der Waals surface area (Å²) in [6.45, 7) is 1.73. The molecule has 1 aromatic heterocycles. The fourth-order valence-electron chi connectivity index (χ4n) is 3.61. The SMILES string of the molecule is COc1ccc2c(C)c(CC(=O)N[C@H](CC(=O)O)c3ccc(OC)c(OC)c3)c(=O)oc2c1. The van der Waals surface area contributed by atoms with E-state index in [1.165, 1.54) is 21.3 Å². The van der Waals surface area contributed by atoms with Crippen LogP contribution in [0, 0.1) is 6.92 Å². The van der Waals surface area contributed by atoms with Gasteiger partial charge in [0.15, 0.2) is 11.5 Å². The number of nitrogens with one attached hydrogen (secondary N) is 1. The Morgan fingerprint density at radius 2 is 1.76 bits per heavy atom. The minimum absolute atomic E-state index is 0.201. The molecule has 3 aromatic rings. The molecule has 0 bridgehead atoms. The fraction of sp³-hybridized carbons (Fsp3) is 0.292. The van der Waals surface area contributed by atoms with Crippen LogP contribution in [0.5, 0.6) is 17.2 Å².